The van der Waals surface area contributed by atoms with Gasteiger partial charge in [-0.1, -0.05) is 22.9 Å². The van der Waals surface area contributed by atoms with Gasteiger partial charge in [-0.2, -0.15) is 0 Å². The summed E-state index contributed by atoms with van der Waals surface area (Å²) in [6.07, 6.45) is 1.12. The van der Waals surface area contributed by atoms with Crippen LogP contribution >= 0.6 is 15.9 Å². The van der Waals surface area contributed by atoms with E-state index in [1.165, 1.54) is 5.56 Å². The molecule has 0 fully saturated rings. The Hall–Kier alpha value is -0.740. The van der Waals surface area contributed by atoms with E-state index >= 15 is 0 Å². The van der Waals surface area contributed by atoms with Crippen LogP contribution in [0.1, 0.15) is 31.9 Å². The summed E-state index contributed by atoms with van der Waals surface area (Å²) >= 11 is 3.57. The van der Waals surface area contributed by atoms with Crippen molar-refractivity contribution in [2.45, 2.75) is 26.3 Å². The third-order valence-electron chi connectivity index (χ3n) is 2.67. The van der Waals surface area contributed by atoms with Crippen LogP contribution in [0.25, 0.3) is 0 Å². The largest absolute Gasteiger partial charge is 0.493 e. The van der Waals surface area contributed by atoms with E-state index in [-0.39, 0.29) is 6.04 Å². The normalized spacial score (nSPS) is 12.3. The minimum Gasteiger partial charge on any atom is -0.493 e. The molecule has 0 aromatic heterocycles. The highest BCUT2D eigenvalue weighted by Crippen LogP contribution is 2.35. The van der Waals surface area contributed by atoms with Crippen molar-refractivity contribution in [3.63, 3.8) is 0 Å². The molecular formula is C13H20BrNO2. The van der Waals surface area contributed by atoms with E-state index < -0.39 is 0 Å². The second-order valence-corrected chi connectivity index (χ2v) is 4.76. The predicted molar refractivity (Wildman–Crippen MR) is 74.0 cm³/mol. The van der Waals surface area contributed by atoms with Crippen LogP contribution in [-0.4, -0.2) is 20.8 Å². The van der Waals surface area contributed by atoms with E-state index in [1.807, 2.05) is 12.1 Å². The fourth-order valence-electron chi connectivity index (χ4n) is 1.67. The van der Waals surface area contributed by atoms with Gasteiger partial charge in [0, 0.05) is 10.5 Å². The summed E-state index contributed by atoms with van der Waals surface area (Å²) in [5.41, 5.74) is 1.18. The van der Waals surface area contributed by atoms with Crippen molar-refractivity contribution in [1.82, 2.24) is 5.32 Å². The van der Waals surface area contributed by atoms with Gasteiger partial charge in [0.25, 0.3) is 0 Å². The van der Waals surface area contributed by atoms with E-state index in [9.17, 15) is 0 Å². The Morgan fingerprint density at radius 1 is 1.24 bits per heavy atom. The summed E-state index contributed by atoms with van der Waals surface area (Å²) in [7, 11) is 3.29. The highest BCUT2D eigenvalue weighted by atomic mass is 79.9. The highest BCUT2D eigenvalue weighted by molar-refractivity contribution is 9.10. The molecule has 1 aromatic carbocycles. The number of hydrogen-bond donors (Lipinski definition) is 1. The van der Waals surface area contributed by atoms with Crippen molar-refractivity contribution >= 4 is 15.9 Å². The summed E-state index contributed by atoms with van der Waals surface area (Å²) in [5.74, 6) is 1.50. The number of halogens is 1. The van der Waals surface area contributed by atoms with E-state index in [4.69, 9.17) is 9.47 Å². The van der Waals surface area contributed by atoms with Gasteiger partial charge < -0.3 is 14.8 Å². The van der Waals surface area contributed by atoms with Gasteiger partial charge in [-0.25, -0.2) is 0 Å². The van der Waals surface area contributed by atoms with E-state index in [0.717, 1.165) is 28.9 Å². The fraction of sp³-hybridized carbons (Fsp3) is 0.538. The molecule has 0 aliphatic rings. The van der Waals surface area contributed by atoms with Crippen LogP contribution in [-0.2, 0) is 0 Å². The molecule has 17 heavy (non-hydrogen) atoms. The van der Waals surface area contributed by atoms with Gasteiger partial charge in [0.1, 0.15) is 0 Å². The zero-order valence-corrected chi connectivity index (χ0v) is 12.4. The lowest BCUT2D eigenvalue weighted by atomic mass is 10.1. The Morgan fingerprint density at radius 3 is 2.35 bits per heavy atom. The third-order valence-corrected chi connectivity index (χ3v) is 3.36. The Morgan fingerprint density at radius 2 is 1.82 bits per heavy atom. The molecule has 1 atom stereocenters. The average Bonchev–Trinajstić information content (AvgIpc) is 2.35. The second kappa shape index (κ2) is 6.87. The standard InChI is InChI=1S/C13H20BrNO2/c1-5-6-15-9(2)10-7-12(16-3)13(17-4)8-11(10)14/h7-9,15H,5-6H2,1-4H3. The molecule has 96 valence electrons. The Balaban J connectivity index is 2.99. The van der Waals surface area contributed by atoms with Gasteiger partial charge in [-0.3, -0.25) is 0 Å². The van der Waals surface area contributed by atoms with Crippen molar-refractivity contribution < 1.29 is 9.47 Å². The van der Waals surface area contributed by atoms with Crippen molar-refractivity contribution in [2.24, 2.45) is 0 Å². The van der Waals surface area contributed by atoms with Gasteiger partial charge in [0.2, 0.25) is 0 Å². The summed E-state index contributed by atoms with van der Waals surface area (Å²) < 4.78 is 11.6. The molecule has 0 spiro atoms. The molecule has 1 N–H and O–H groups in total. The SMILES string of the molecule is CCCNC(C)c1cc(OC)c(OC)cc1Br. The number of ether oxygens (including phenoxy) is 2. The first-order chi connectivity index (χ1) is 8.13. The maximum absolute atomic E-state index is 5.31. The third kappa shape index (κ3) is 3.61. The van der Waals surface area contributed by atoms with Crippen LogP contribution in [0.5, 0.6) is 11.5 Å². The van der Waals surface area contributed by atoms with Crippen molar-refractivity contribution in [3.8, 4) is 11.5 Å². The summed E-state index contributed by atoms with van der Waals surface area (Å²) in [6.45, 7) is 5.30. The first-order valence-corrected chi connectivity index (χ1v) is 6.58. The number of methoxy groups -OCH3 is 2. The summed E-state index contributed by atoms with van der Waals surface area (Å²) in [5, 5.41) is 3.45. The smallest absolute Gasteiger partial charge is 0.161 e. The van der Waals surface area contributed by atoms with E-state index in [2.05, 4.69) is 35.1 Å². The topological polar surface area (TPSA) is 30.5 Å². The van der Waals surface area contributed by atoms with Gasteiger partial charge in [-0.05, 0) is 37.6 Å². The molecule has 1 unspecified atom stereocenters. The Kier molecular flexibility index (Phi) is 5.78. The minimum absolute atomic E-state index is 0.282. The fourth-order valence-corrected chi connectivity index (χ4v) is 2.34. The quantitative estimate of drug-likeness (QED) is 0.872. The molecule has 0 heterocycles. The van der Waals surface area contributed by atoms with Crippen LogP contribution in [0.3, 0.4) is 0 Å². The average molecular weight is 302 g/mol. The van der Waals surface area contributed by atoms with Gasteiger partial charge >= 0.3 is 0 Å². The molecule has 0 saturated heterocycles. The molecule has 3 nitrogen and oxygen atoms in total. The monoisotopic (exact) mass is 301 g/mol. The molecule has 0 bridgehead atoms. The first kappa shape index (κ1) is 14.3. The van der Waals surface area contributed by atoms with Crippen molar-refractivity contribution in [3.05, 3.63) is 22.2 Å². The summed E-state index contributed by atoms with van der Waals surface area (Å²) in [4.78, 5) is 0. The second-order valence-electron chi connectivity index (χ2n) is 3.90. The number of nitrogens with one attached hydrogen (secondary N) is 1. The molecule has 0 amide bonds. The Labute approximate surface area is 112 Å². The summed E-state index contributed by atoms with van der Waals surface area (Å²) in [6, 6.07) is 4.23. The van der Waals surface area contributed by atoms with Gasteiger partial charge in [0.05, 0.1) is 14.2 Å². The lowest BCUT2D eigenvalue weighted by molar-refractivity contribution is 0.353. The molecule has 1 rings (SSSR count). The Bertz CT molecular complexity index is 369. The maximum Gasteiger partial charge on any atom is 0.161 e. The van der Waals surface area contributed by atoms with E-state index in [1.54, 1.807) is 14.2 Å². The lowest BCUT2D eigenvalue weighted by Gasteiger charge is -2.18. The lowest BCUT2D eigenvalue weighted by Crippen LogP contribution is -2.19. The molecular weight excluding hydrogens is 282 g/mol. The zero-order chi connectivity index (χ0) is 12.8. The molecule has 0 radical (unpaired) electrons. The minimum atomic E-state index is 0.282. The van der Waals surface area contributed by atoms with Crippen LogP contribution in [0, 0.1) is 0 Å². The van der Waals surface area contributed by atoms with E-state index in [0.29, 0.717) is 0 Å². The van der Waals surface area contributed by atoms with Crippen LogP contribution in [0.2, 0.25) is 0 Å². The zero-order valence-electron chi connectivity index (χ0n) is 10.8. The van der Waals surface area contributed by atoms with Gasteiger partial charge in [0.15, 0.2) is 11.5 Å². The van der Waals surface area contributed by atoms with Gasteiger partial charge in [-0.15, -0.1) is 0 Å². The van der Waals surface area contributed by atoms with Crippen LogP contribution < -0.4 is 14.8 Å². The molecule has 4 heteroatoms. The van der Waals surface area contributed by atoms with Crippen LogP contribution in [0.15, 0.2) is 16.6 Å². The highest BCUT2D eigenvalue weighted by Gasteiger charge is 2.13. The molecule has 0 aliphatic heterocycles. The van der Waals surface area contributed by atoms with Crippen molar-refractivity contribution in [1.29, 1.82) is 0 Å². The number of hydrogen-bond acceptors (Lipinski definition) is 3. The molecule has 1 aromatic rings. The first-order valence-electron chi connectivity index (χ1n) is 5.78. The molecule has 0 saturated carbocycles. The molecule has 0 aliphatic carbocycles. The number of rotatable bonds is 6. The van der Waals surface area contributed by atoms with Crippen LogP contribution in [0.4, 0.5) is 0 Å². The maximum atomic E-state index is 5.31. The van der Waals surface area contributed by atoms with Crippen molar-refractivity contribution in [2.75, 3.05) is 20.8 Å². The predicted octanol–water partition coefficient (Wildman–Crippen LogP) is 3.53. The number of benzene rings is 1.